The molecule has 0 saturated heterocycles. The summed E-state index contributed by atoms with van der Waals surface area (Å²) in [5.41, 5.74) is 8.04. The molecule has 8 atom stereocenters. The molecule has 67 heavy (non-hydrogen) atoms. The number of nitrogens with zero attached hydrogens (tertiary/aromatic N) is 1. The lowest BCUT2D eigenvalue weighted by molar-refractivity contribution is -0.143. The summed E-state index contributed by atoms with van der Waals surface area (Å²) in [6.07, 6.45) is 3.50. The number of aromatic amines is 2. The Hall–Kier alpha value is -6.92. The second-order valence-corrected chi connectivity index (χ2v) is 16.9. The van der Waals surface area contributed by atoms with Gasteiger partial charge >= 0.3 is 11.9 Å². The molecule has 0 aliphatic rings. The predicted molar refractivity (Wildman–Crippen MR) is 239 cm³/mol. The van der Waals surface area contributed by atoms with E-state index >= 15 is 0 Å². The van der Waals surface area contributed by atoms with Gasteiger partial charge in [-0.25, -0.2) is 9.78 Å². The van der Waals surface area contributed by atoms with Gasteiger partial charge in [0.2, 0.25) is 41.4 Å². The first kappa shape index (κ1) is 54.4. The highest BCUT2D eigenvalue weighted by Crippen LogP contribution is 2.20. The van der Waals surface area contributed by atoms with Crippen molar-refractivity contribution in [2.75, 3.05) is 13.2 Å². The molecule has 0 fully saturated rings. The number of benzene rings is 1. The average molecular weight is 942 g/mol. The van der Waals surface area contributed by atoms with Crippen LogP contribution in [0.2, 0.25) is 0 Å². The van der Waals surface area contributed by atoms with Crippen molar-refractivity contribution in [3.05, 3.63) is 54.2 Å². The summed E-state index contributed by atoms with van der Waals surface area (Å²) in [4.78, 5) is 127. The number of carboxylic acid groups (broad SMARTS) is 2. The number of hydrogen-bond acceptors (Lipinski definition) is 13. The number of carboxylic acids is 2. The Morgan fingerprint density at radius 2 is 1.12 bits per heavy atom. The van der Waals surface area contributed by atoms with Crippen LogP contribution < -0.4 is 43.0 Å². The highest BCUT2D eigenvalue weighted by molar-refractivity contribution is 5.98. The summed E-state index contributed by atoms with van der Waals surface area (Å²) in [5.74, 6) is -9.52. The van der Waals surface area contributed by atoms with Crippen LogP contribution in [0.4, 0.5) is 0 Å². The number of para-hydroxylation sites is 1. The Bertz CT molecular complexity index is 2180. The van der Waals surface area contributed by atoms with Crippen molar-refractivity contribution in [2.24, 2.45) is 17.6 Å². The van der Waals surface area contributed by atoms with E-state index in [9.17, 15) is 63.6 Å². The maximum absolute atomic E-state index is 14.0. The van der Waals surface area contributed by atoms with E-state index in [1.807, 2.05) is 0 Å². The highest BCUT2D eigenvalue weighted by atomic mass is 16.4. The number of nitrogens with two attached hydrogens (primary N) is 1. The quantitative estimate of drug-likeness (QED) is 0.0356. The van der Waals surface area contributed by atoms with Gasteiger partial charge in [-0.15, -0.1) is 0 Å². The van der Waals surface area contributed by atoms with Crippen LogP contribution in [0.3, 0.4) is 0 Å². The van der Waals surface area contributed by atoms with Gasteiger partial charge in [0.1, 0.15) is 42.3 Å². The van der Waals surface area contributed by atoms with E-state index < -0.39 is 128 Å². The van der Waals surface area contributed by atoms with Crippen LogP contribution in [0, 0.1) is 11.8 Å². The van der Waals surface area contributed by atoms with Gasteiger partial charge in [0.05, 0.1) is 25.6 Å². The number of amides is 7. The number of aromatic nitrogens is 3. The Morgan fingerprint density at radius 3 is 1.70 bits per heavy atom. The topological polar surface area (TPSA) is 389 Å². The lowest BCUT2D eigenvalue weighted by atomic mass is 10.0. The van der Waals surface area contributed by atoms with Crippen molar-refractivity contribution in [1.29, 1.82) is 0 Å². The molecule has 2 aromatic heterocycles. The second kappa shape index (κ2) is 26.3. The zero-order valence-corrected chi connectivity index (χ0v) is 38.0. The normalized spacial score (nSPS) is 14.9. The molecule has 24 heteroatoms. The fraction of sp³-hybridized carbons (Fsp3) is 0.535. The number of fused-ring (bicyclic) bond motifs is 1. The summed E-state index contributed by atoms with van der Waals surface area (Å²) in [5, 5.41) is 56.6. The van der Waals surface area contributed by atoms with Crippen LogP contribution in [0.5, 0.6) is 0 Å². The van der Waals surface area contributed by atoms with Crippen molar-refractivity contribution >= 4 is 64.2 Å². The average Bonchev–Trinajstić information content (AvgIpc) is 3.94. The lowest BCUT2D eigenvalue weighted by Crippen LogP contribution is -2.61. The van der Waals surface area contributed by atoms with Crippen LogP contribution in [0.1, 0.15) is 71.6 Å². The maximum Gasteiger partial charge on any atom is 0.326 e. The molecule has 0 spiro atoms. The van der Waals surface area contributed by atoms with Gasteiger partial charge in [-0.05, 0) is 49.7 Å². The highest BCUT2D eigenvalue weighted by Gasteiger charge is 2.34. The minimum Gasteiger partial charge on any atom is -0.481 e. The van der Waals surface area contributed by atoms with Crippen molar-refractivity contribution in [1.82, 2.24) is 52.2 Å². The molecule has 1 aromatic carbocycles. The molecule has 0 aliphatic carbocycles. The first-order valence-electron chi connectivity index (χ1n) is 21.7. The van der Waals surface area contributed by atoms with Gasteiger partial charge in [-0.3, -0.25) is 38.4 Å². The molecule has 7 amide bonds. The Kier molecular flexibility index (Phi) is 21.3. The van der Waals surface area contributed by atoms with E-state index in [0.29, 0.717) is 11.3 Å². The minimum atomic E-state index is -1.77. The Labute approximate surface area is 385 Å². The van der Waals surface area contributed by atoms with Crippen molar-refractivity contribution in [3.8, 4) is 0 Å². The van der Waals surface area contributed by atoms with Crippen molar-refractivity contribution in [2.45, 2.75) is 121 Å². The van der Waals surface area contributed by atoms with Crippen LogP contribution in [-0.4, -0.2) is 150 Å². The number of aliphatic hydroxyl groups is 2. The summed E-state index contributed by atoms with van der Waals surface area (Å²) < 4.78 is 0. The number of rotatable bonds is 28. The van der Waals surface area contributed by atoms with E-state index in [4.69, 9.17) is 5.73 Å². The molecule has 368 valence electrons. The van der Waals surface area contributed by atoms with Crippen LogP contribution in [0.25, 0.3) is 10.9 Å². The molecule has 0 saturated carbocycles. The van der Waals surface area contributed by atoms with Crippen LogP contribution >= 0.6 is 0 Å². The molecule has 3 aromatic rings. The van der Waals surface area contributed by atoms with Gasteiger partial charge in [-0.2, -0.15) is 0 Å². The van der Waals surface area contributed by atoms with Gasteiger partial charge in [0.25, 0.3) is 0 Å². The summed E-state index contributed by atoms with van der Waals surface area (Å²) in [7, 11) is 0. The molecule has 0 radical (unpaired) electrons. The number of carbonyl (C=O) groups excluding carboxylic acids is 7. The summed E-state index contributed by atoms with van der Waals surface area (Å²) in [6.45, 7) is 6.25. The van der Waals surface area contributed by atoms with Crippen LogP contribution in [0.15, 0.2) is 43.0 Å². The predicted octanol–water partition coefficient (Wildman–Crippen LogP) is -2.56. The number of imidazole rings is 1. The third kappa shape index (κ3) is 17.4. The summed E-state index contributed by atoms with van der Waals surface area (Å²) in [6, 6.07) is -4.36. The van der Waals surface area contributed by atoms with Gasteiger partial charge in [0.15, 0.2) is 0 Å². The Balaban J connectivity index is 1.72. The molecule has 15 N–H and O–H groups in total. The number of nitrogens with one attached hydrogen (secondary N) is 9. The molecule has 3 rings (SSSR count). The van der Waals surface area contributed by atoms with Gasteiger partial charge < -0.3 is 73.3 Å². The fourth-order valence-corrected chi connectivity index (χ4v) is 6.82. The van der Waals surface area contributed by atoms with Crippen molar-refractivity contribution < 1.29 is 63.6 Å². The summed E-state index contributed by atoms with van der Waals surface area (Å²) >= 11 is 0. The number of H-pyrrole nitrogens is 2. The smallest absolute Gasteiger partial charge is 0.326 e. The third-order valence-electron chi connectivity index (χ3n) is 10.4. The molecule has 0 bridgehead atoms. The first-order valence-corrected chi connectivity index (χ1v) is 21.7. The molecule has 0 aliphatic heterocycles. The minimum absolute atomic E-state index is 0.0365. The number of carbonyl (C=O) groups is 9. The maximum atomic E-state index is 14.0. The lowest BCUT2D eigenvalue weighted by Gasteiger charge is -2.26. The largest absolute Gasteiger partial charge is 0.481 e. The van der Waals surface area contributed by atoms with E-state index in [1.54, 1.807) is 58.2 Å². The number of aliphatic carboxylic acids is 2. The van der Waals surface area contributed by atoms with E-state index in [0.717, 1.165) is 10.9 Å². The van der Waals surface area contributed by atoms with Crippen molar-refractivity contribution in [3.63, 3.8) is 0 Å². The third-order valence-corrected chi connectivity index (χ3v) is 10.4. The standard InChI is InChI=1S/C43H63N11O13/c1-21(2)12-30(39(62)52-32(43(66)67)13-22(3)4)51-42(65)34(19-56)53-36(59)23(5)48-41(64)33(18-55)54-38(61)29(10-11-35(57)58)49-40(63)31(14-24-16-46-28-9-7-6-8-26(24)28)50-37(60)27(44)15-25-17-45-20-47-25/h6-9,16-17,20-23,27,29-34,46,55-56H,10-15,18-19,44H2,1-5H3,(H,45,47)(H,48,64)(H,49,63)(H,50,60)(H,51,65)(H,52,62)(H,53,59)(H,54,61)(H,57,58)(H,66,67)/t23-,27-,29-,30-,31-,32-,33-,34-/m0/s1. The second-order valence-electron chi connectivity index (χ2n) is 16.9. The molecular formula is C43H63N11O13. The van der Waals surface area contributed by atoms with Gasteiger partial charge in [-0.1, -0.05) is 45.9 Å². The monoisotopic (exact) mass is 941 g/mol. The molecule has 2 heterocycles. The molecule has 0 unspecified atom stereocenters. The first-order chi connectivity index (χ1) is 31.6. The number of aliphatic hydroxyl groups excluding tert-OH is 2. The van der Waals surface area contributed by atoms with E-state index in [-0.39, 0.29) is 37.5 Å². The van der Waals surface area contributed by atoms with Crippen LogP contribution in [-0.2, 0) is 56.0 Å². The zero-order valence-electron chi connectivity index (χ0n) is 38.0. The molecular weight excluding hydrogens is 879 g/mol. The molecule has 24 nitrogen and oxygen atoms in total. The van der Waals surface area contributed by atoms with E-state index in [1.165, 1.54) is 19.4 Å². The SMILES string of the molecule is CC(C)C[C@H](NC(=O)[C@H](CC(C)C)NC(=O)[C@H](CO)NC(=O)[C@H](C)NC(=O)[C@H](CO)NC(=O)[C@H](CCC(=O)O)NC(=O)[C@H](Cc1c[nH]c2ccccc12)NC(=O)[C@@H](N)Cc1cnc[nH]1)C(=O)O. The zero-order chi connectivity index (χ0) is 50.0. The number of hydrogen-bond donors (Lipinski definition) is 14. The van der Waals surface area contributed by atoms with E-state index in [2.05, 4.69) is 52.2 Å². The fourth-order valence-electron chi connectivity index (χ4n) is 6.82. The van der Waals surface area contributed by atoms with Gasteiger partial charge in [0, 0.05) is 48.3 Å². The Morgan fingerprint density at radius 1 is 0.612 bits per heavy atom.